The van der Waals surface area contributed by atoms with Gasteiger partial charge in [0.2, 0.25) is 0 Å². The second-order valence-electron chi connectivity index (χ2n) is 5.23. The molecule has 0 aliphatic heterocycles. The number of hydrogen-bond acceptors (Lipinski definition) is 4. The average molecular weight is 348 g/mol. The van der Waals surface area contributed by atoms with Gasteiger partial charge in [-0.1, -0.05) is 36.4 Å². The van der Waals surface area contributed by atoms with Crippen molar-refractivity contribution >= 4 is 23.3 Å². The molecule has 0 N–H and O–H groups in total. The molecule has 1 unspecified atom stereocenters. The van der Waals surface area contributed by atoms with Gasteiger partial charge >= 0.3 is 5.97 Å². The van der Waals surface area contributed by atoms with Crippen LogP contribution in [0.1, 0.15) is 18.9 Å². The van der Waals surface area contributed by atoms with Crippen LogP contribution in [0.25, 0.3) is 11.1 Å². The summed E-state index contributed by atoms with van der Waals surface area (Å²) in [4.78, 5) is 22.5. The van der Waals surface area contributed by atoms with Crippen molar-refractivity contribution in [3.8, 4) is 11.1 Å². The van der Waals surface area contributed by atoms with Crippen LogP contribution in [-0.4, -0.2) is 22.9 Å². The SMILES string of the molecule is CCOC(=O)C(Cl)CCc1ccc(-c2ccccc2)c([N+](=O)[O-])c1. The number of halogens is 1. The van der Waals surface area contributed by atoms with Crippen LogP contribution in [0.3, 0.4) is 0 Å². The third-order valence-corrected chi connectivity index (χ3v) is 3.97. The number of nitrogens with zero attached hydrogens (tertiary/aromatic N) is 1. The maximum Gasteiger partial charge on any atom is 0.324 e. The van der Waals surface area contributed by atoms with E-state index < -0.39 is 16.3 Å². The summed E-state index contributed by atoms with van der Waals surface area (Å²) < 4.78 is 4.85. The summed E-state index contributed by atoms with van der Waals surface area (Å²) in [6, 6.07) is 14.3. The Bertz CT molecular complexity index is 718. The van der Waals surface area contributed by atoms with Gasteiger partial charge in [0.25, 0.3) is 5.69 Å². The smallest absolute Gasteiger partial charge is 0.324 e. The Morgan fingerprint density at radius 2 is 1.96 bits per heavy atom. The minimum atomic E-state index is -0.752. The van der Waals surface area contributed by atoms with Crippen LogP contribution in [0.2, 0.25) is 0 Å². The number of hydrogen-bond donors (Lipinski definition) is 0. The van der Waals surface area contributed by atoms with E-state index in [2.05, 4.69) is 0 Å². The highest BCUT2D eigenvalue weighted by molar-refractivity contribution is 6.29. The molecule has 0 heterocycles. The lowest BCUT2D eigenvalue weighted by Gasteiger charge is -2.09. The minimum absolute atomic E-state index is 0.0426. The van der Waals surface area contributed by atoms with Crippen LogP contribution in [0.15, 0.2) is 48.5 Å². The zero-order chi connectivity index (χ0) is 17.5. The lowest BCUT2D eigenvalue weighted by atomic mass is 9.99. The standard InChI is InChI=1S/C18H18ClNO4/c1-2-24-18(21)16(19)11-9-13-8-10-15(17(12-13)20(22)23)14-6-4-3-5-7-14/h3-8,10,12,16H,2,9,11H2,1H3. The largest absolute Gasteiger partial charge is 0.465 e. The molecule has 0 aromatic heterocycles. The molecule has 6 heteroatoms. The number of nitro groups is 1. The van der Waals surface area contributed by atoms with Crippen LogP contribution in [-0.2, 0) is 16.0 Å². The second-order valence-corrected chi connectivity index (χ2v) is 5.76. The maximum atomic E-state index is 11.5. The van der Waals surface area contributed by atoms with E-state index in [-0.39, 0.29) is 12.3 Å². The monoisotopic (exact) mass is 347 g/mol. The molecular weight excluding hydrogens is 330 g/mol. The van der Waals surface area contributed by atoms with Gasteiger partial charge in [-0.15, -0.1) is 11.6 Å². The van der Waals surface area contributed by atoms with Crippen LogP contribution in [0.4, 0.5) is 5.69 Å². The first-order valence-corrected chi connectivity index (χ1v) is 8.10. The van der Waals surface area contributed by atoms with Crippen molar-refractivity contribution < 1.29 is 14.5 Å². The second kappa shape index (κ2) is 8.45. The van der Waals surface area contributed by atoms with Crippen molar-refractivity contribution in [3.63, 3.8) is 0 Å². The van der Waals surface area contributed by atoms with E-state index in [9.17, 15) is 14.9 Å². The van der Waals surface area contributed by atoms with Crippen LogP contribution >= 0.6 is 11.6 Å². The molecule has 0 aliphatic carbocycles. The van der Waals surface area contributed by atoms with E-state index >= 15 is 0 Å². The van der Waals surface area contributed by atoms with Gasteiger partial charge in [0, 0.05) is 6.07 Å². The van der Waals surface area contributed by atoms with E-state index in [0.717, 1.165) is 11.1 Å². The van der Waals surface area contributed by atoms with Gasteiger partial charge in [-0.3, -0.25) is 14.9 Å². The number of ether oxygens (including phenoxy) is 1. The molecule has 2 aromatic carbocycles. The van der Waals surface area contributed by atoms with Gasteiger partial charge in [-0.05, 0) is 37.0 Å². The molecule has 0 fully saturated rings. The minimum Gasteiger partial charge on any atom is -0.465 e. The topological polar surface area (TPSA) is 69.4 Å². The highest BCUT2D eigenvalue weighted by Crippen LogP contribution is 2.31. The predicted octanol–water partition coefficient (Wildman–Crippen LogP) is 4.36. The van der Waals surface area contributed by atoms with Gasteiger partial charge in [-0.25, -0.2) is 0 Å². The Kier molecular flexibility index (Phi) is 6.32. The first-order valence-electron chi connectivity index (χ1n) is 7.66. The van der Waals surface area contributed by atoms with Gasteiger partial charge < -0.3 is 4.74 Å². The molecule has 0 spiro atoms. The number of benzene rings is 2. The van der Waals surface area contributed by atoms with Gasteiger partial charge in [0.05, 0.1) is 17.1 Å². The summed E-state index contributed by atoms with van der Waals surface area (Å²) in [6.07, 6.45) is 0.825. The van der Waals surface area contributed by atoms with Crippen LogP contribution in [0.5, 0.6) is 0 Å². The highest BCUT2D eigenvalue weighted by atomic mass is 35.5. The summed E-state index contributed by atoms with van der Waals surface area (Å²) in [5, 5.41) is 10.6. The molecule has 0 saturated carbocycles. The number of aryl methyl sites for hydroxylation is 1. The average Bonchev–Trinajstić information content (AvgIpc) is 2.60. The molecule has 126 valence electrons. The van der Waals surface area contributed by atoms with E-state index in [0.29, 0.717) is 18.4 Å². The number of carbonyl (C=O) groups is 1. The molecule has 1 atom stereocenters. The Morgan fingerprint density at radius 3 is 2.58 bits per heavy atom. The van der Waals surface area contributed by atoms with Crippen molar-refractivity contribution in [3.05, 3.63) is 64.2 Å². The summed E-state index contributed by atoms with van der Waals surface area (Å²) in [7, 11) is 0. The third-order valence-electron chi connectivity index (χ3n) is 3.57. The molecule has 0 amide bonds. The van der Waals surface area contributed by atoms with Crippen LogP contribution < -0.4 is 0 Å². The summed E-state index contributed by atoms with van der Waals surface area (Å²) >= 11 is 5.98. The predicted molar refractivity (Wildman–Crippen MR) is 93.1 cm³/mol. The molecule has 5 nitrogen and oxygen atoms in total. The number of alkyl halides is 1. The number of rotatable bonds is 7. The Labute approximate surface area is 145 Å². The fourth-order valence-corrected chi connectivity index (χ4v) is 2.56. The summed E-state index contributed by atoms with van der Waals surface area (Å²) in [5.41, 5.74) is 2.16. The lowest BCUT2D eigenvalue weighted by molar-refractivity contribution is -0.384. The molecule has 0 bridgehead atoms. The van der Waals surface area contributed by atoms with Gasteiger partial charge in [-0.2, -0.15) is 0 Å². The van der Waals surface area contributed by atoms with Crippen molar-refractivity contribution in [1.29, 1.82) is 0 Å². The van der Waals surface area contributed by atoms with Gasteiger partial charge in [0.15, 0.2) is 0 Å². The zero-order valence-corrected chi connectivity index (χ0v) is 14.0. The van der Waals surface area contributed by atoms with Crippen molar-refractivity contribution in [2.24, 2.45) is 0 Å². The van der Waals surface area contributed by atoms with E-state index in [4.69, 9.17) is 16.3 Å². The number of esters is 1. The number of carbonyl (C=O) groups excluding carboxylic acids is 1. The lowest BCUT2D eigenvalue weighted by Crippen LogP contribution is -2.18. The molecule has 0 radical (unpaired) electrons. The van der Waals surface area contributed by atoms with Crippen molar-refractivity contribution in [1.82, 2.24) is 0 Å². The zero-order valence-electron chi connectivity index (χ0n) is 13.3. The van der Waals surface area contributed by atoms with Crippen molar-refractivity contribution in [2.45, 2.75) is 25.1 Å². The molecule has 2 aromatic rings. The molecule has 2 rings (SSSR count). The molecule has 0 saturated heterocycles. The quantitative estimate of drug-likeness (QED) is 0.323. The first-order chi connectivity index (χ1) is 11.5. The Hall–Kier alpha value is -2.40. The van der Waals surface area contributed by atoms with Crippen molar-refractivity contribution in [2.75, 3.05) is 6.61 Å². The first kappa shape index (κ1) is 17.9. The highest BCUT2D eigenvalue weighted by Gasteiger charge is 2.19. The fraction of sp³-hybridized carbons (Fsp3) is 0.278. The fourth-order valence-electron chi connectivity index (χ4n) is 2.39. The molecule has 24 heavy (non-hydrogen) atoms. The molecular formula is C18H18ClNO4. The maximum absolute atomic E-state index is 11.5. The normalized spacial score (nSPS) is 11.8. The summed E-state index contributed by atoms with van der Waals surface area (Å²) in [5.74, 6) is -0.463. The summed E-state index contributed by atoms with van der Waals surface area (Å²) in [6.45, 7) is 1.99. The van der Waals surface area contributed by atoms with E-state index in [1.165, 1.54) is 6.07 Å². The van der Waals surface area contributed by atoms with E-state index in [1.54, 1.807) is 13.0 Å². The third kappa shape index (κ3) is 4.55. The van der Waals surface area contributed by atoms with E-state index in [1.807, 2.05) is 36.4 Å². The molecule has 0 aliphatic rings. The Morgan fingerprint density at radius 1 is 1.25 bits per heavy atom. The van der Waals surface area contributed by atoms with Crippen LogP contribution in [0, 0.1) is 10.1 Å². The number of nitro benzene ring substituents is 1. The van der Waals surface area contributed by atoms with Gasteiger partial charge in [0.1, 0.15) is 5.38 Å². The Balaban J connectivity index is 2.17.